The fourth-order valence-corrected chi connectivity index (χ4v) is 1.38. The molecule has 0 bridgehead atoms. The molecule has 0 unspecified atom stereocenters. The maximum absolute atomic E-state index is 12.0. The van der Waals surface area contributed by atoms with Gasteiger partial charge in [0.25, 0.3) is 0 Å². The average Bonchev–Trinajstić information content (AvgIpc) is 2.86. The van der Waals surface area contributed by atoms with Crippen molar-refractivity contribution in [2.24, 2.45) is 5.84 Å². The van der Waals surface area contributed by atoms with Crippen LogP contribution in [0, 0.1) is 0 Å². The molecule has 1 amide bonds. The number of carbonyl (C=O) groups is 1. The molecule has 0 aliphatic rings. The summed E-state index contributed by atoms with van der Waals surface area (Å²) in [5, 5.41) is 4.30. The van der Waals surface area contributed by atoms with Crippen molar-refractivity contribution in [2.45, 2.75) is 6.36 Å². The van der Waals surface area contributed by atoms with Crippen LogP contribution in [0.3, 0.4) is 0 Å². The lowest BCUT2D eigenvalue weighted by molar-refractivity contribution is -0.274. The summed E-state index contributed by atoms with van der Waals surface area (Å²) in [5.74, 6) is 3.87. The van der Waals surface area contributed by atoms with Gasteiger partial charge in [0.15, 0.2) is 0 Å². The van der Waals surface area contributed by atoms with Gasteiger partial charge in [-0.1, -0.05) is 5.16 Å². The highest BCUT2D eigenvalue weighted by Crippen LogP contribution is 2.25. The second kappa shape index (κ2) is 5.40. The number of halogens is 3. The Bertz CT molecular complexity index is 637. The standard InChI is InChI=1S/C11H9F3N4O3/c1-18(15)10(19)9-16-8(17-21-9)6-2-4-7(5-3-6)20-11(12,13)14/h2-5H,15H2,1H3. The van der Waals surface area contributed by atoms with Gasteiger partial charge in [-0.15, -0.1) is 13.2 Å². The van der Waals surface area contributed by atoms with Crippen LogP contribution in [-0.4, -0.2) is 34.5 Å². The van der Waals surface area contributed by atoms with E-state index in [4.69, 9.17) is 10.4 Å². The Kier molecular flexibility index (Phi) is 3.80. The highest BCUT2D eigenvalue weighted by atomic mass is 19.4. The molecular formula is C11H9F3N4O3. The minimum absolute atomic E-state index is 0.0405. The van der Waals surface area contributed by atoms with Gasteiger partial charge in [-0.25, -0.2) is 5.84 Å². The van der Waals surface area contributed by atoms with E-state index in [1.807, 2.05) is 0 Å². The molecule has 2 aromatic rings. The quantitative estimate of drug-likeness (QED) is 0.525. The van der Waals surface area contributed by atoms with E-state index in [1.165, 1.54) is 19.2 Å². The van der Waals surface area contributed by atoms with Gasteiger partial charge in [0.1, 0.15) is 5.75 Å². The van der Waals surface area contributed by atoms with E-state index in [0.717, 1.165) is 17.1 Å². The average molecular weight is 302 g/mol. The number of benzene rings is 1. The van der Waals surface area contributed by atoms with Gasteiger partial charge in [-0.3, -0.25) is 9.80 Å². The van der Waals surface area contributed by atoms with Crippen LogP contribution in [0.5, 0.6) is 5.75 Å². The molecule has 0 atom stereocenters. The van der Waals surface area contributed by atoms with Gasteiger partial charge in [0, 0.05) is 12.6 Å². The van der Waals surface area contributed by atoms with E-state index in [-0.39, 0.29) is 17.5 Å². The molecule has 0 aliphatic carbocycles. The number of rotatable bonds is 3. The Labute approximate surface area is 116 Å². The summed E-state index contributed by atoms with van der Waals surface area (Å²) in [6.45, 7) is 0. The van der Waals surface area contributed by atoms with Crippen molar-refractivity contribution >= 4 is 5.91 Å². The zero-order valence-electron chi connectivity index (χ0n) is 10.6. The maximum Gasteiger partial charge on any atom is 0.573 e. The lowest BCUT2D eigenvalue weighted by atomic mass is 10.2. The molecule has 2 rings (SSSR count). The number of alkyl halides is 3. The first kappa shape index (κ1) is 14.8. The van der Waals surface area contributed by atoms with E-state index in [0.29, 0.717) is 5.56 Å². The molecular weight excluding hydrogens is 293 g/mol. The monoisotopic (exact) mass is 302 g/mol. The van der Waals surface area contributed by atoms with E-state index in [2.05, 4.69) is 14.9 Å². The third-order valence-electron chi connectivity index (χ3n) is 2.28. The maximum atomic E-state index is 12.0. The summed E-state index contributed by atoms with van der Waals surface area (Å²) in [7, 11) is 1.30. The van der Waals surface area contributed by atoms with E-state index < -0.39 is 12.3 Å². The lowest BCUT2D eigenvalue weighted by Gasteiger charge is -2.08. The molecule has 0 saturated carbocycles. The number of hydrogen-bond acceptors (Lipinski definition) is 6. The Hall–Kier alpha value is -2.62. The van der Waals surface area contributed by atoms with Crippen molar-refractivity contribution < 1.29 is 27.2 Å². The number of carbonyl (C=O) groups excluding carboxylic acids is 1. The molecule has 112 valence electrons. The van der Waals surface area contributed by atoms with Crippen molar-refractivity contribution in [1.29, 1.82) is 0 Å². The van der Waals surface area contributed by atoms with Gasteiger partial charge in [0.2, 0.25) is 5.82 Å². The molecule has 1 heterocycles. The molecule has 7 nitrogen and oxygen atoms in total. The zero-order chi connectivity index (χ0) is 15.6. The number of nitrogens with zero attached hydrogens (tertiary/aromatic N) is 3. The molecule has 1 aromatic carbocycles. The van der Waals surface area contributed by atoms with Crippen molar-refractivity contribution in [1.82, 2.24) is 15.1 Å². The van der Waals surface area contributed by atoms with Crippen LogP contribution in [0.1, 0.15) is 10.7 Å². The predicted molar refractivity (Wildman–Crippen MR) is 62.7 cm³/mol. The van der Waals surface area contributed by atoms with Crippen molar-refractivity contribution in [3.63, 3.8) is 0 Å². The van der Waals surface area contributed by atoms with Crippen LogP contribution in [0.15, 0.2) is 28.8 Å². The molecule has 0 spiro atoms. The highest BCUT2D eigenvalue weighted by Gasteiger charge is 2.31. The third-order valence-corrected chi connectivity index (χ3v) is 2.28. The fourth-order valence-electron chi connectivity index (χ4n) is 1.38. The molecule has 0 fully saturated rings. The van der Waals surface area contributed by atoms with Crippen LogP contribution in [0.2, 0.25) is 0 Å². The lowest BCUT2D eigenvalue weighted by Crippen LogP contribution is -2.33. The van der Waals surface area contributed by atoms with E-state index in [1.54, 1.807) is 0 Å². The summed E-state index contributed by atoms with van der Waals surface area (Å²) >= 11 is 0. The summed E-state index contributed by atoms with van der Waals surface area (Å²) in [6.07, 6.45) is -4.76. The third kappa shape index (κ3) is 3.69. The van der Waals surface area contributed by atoms with Gasteiger partial charge < -0.3 is 9.26 Å². The van der Waals surface area contributed by atoms with Crippen molar-refractivity contribution in [3.8, 4) is 17.1 Å². The van der Waals surface area contributed by atoms with E-state index in [9.17, 15) is 18.0 Å². The Morgan fingerprint density at radius 1 is 1.33 bits per heavy atom. The Morgan fingerprint density at radius 3 is 2.48 bits per heavy atom. The van der Waals surface area contributed by atoms with E-state index >= 15 is 0 Å². The number of aromatic nitrogens is 2. The zero-order valence-corrected chi connectivity index (χ0v) is 10.6. The SMILES string of the molecule is CN(N)C(=O)c1nc(-c2ccc(OC(F)(F)F)cc2)no1. The topological polar surface area (TPSA) is 94.5 Å². The number of nitrogens with two attached hydrogens (primary N) is 1. The number of ether oxygens (including phenoxy) is 1. The van der Waals surface area contributed by atoms with Crippen molar-refractivity contribution in [2.75, 3.05) is 7.05 Å². The molecule has 2 N–H and O–H groups in total. The minimum atomic E-state index is -4.76. The number of hydrazine groups is 1. The number of amides is 1. The van der Waals surface area contributed by atoms with Gasteiger partial charge in [0.05, 0.1) is 0 Å². The molecule has 10 heteroatoms. The summed E-state index contributed by atoms with van der Waals surface area (Å²) in [5.41, 5.74) is 0.354. The second-order valence-electron chi connectivity index (χ2n) is 3.91. The molecule has 0 saturated heterocycles. The summed E-state index contributed by atoms with van der Waals surface area (Å²) in [4.78, 5) is 15.3. The van der Waals surface area contributed by atoms with Crippen LogP contribution in [0.25, 0.3) is 11.4 Å². The van der Waals surface area contributed by atoms with Crippen LogP contribution in [0.4, 0.5) is 13.2 Å². The molecule has 21 heavy (non-hydrogen) atoms. The summed E-state index contributed by atoms with van der Waals surface area (Å²) < 4.78 is 44.5. The largest absolute Gasteiger partial charge is 0.573 e. The summed E-state index contributed by atoms with van der Waals surface area (Å²) in [6, 6.07) is 4.78. The van der Waals surface area contributed by atoms with Crippen LogP contribution >= 0.6 is 0 Å². The van der Waals surface area contributed by atoms with Crippen LogP contribution < -0.4 is 10.6 Å². The van der Waals surface area contributed by atoms with Crippen molar-refractivity contribution in [3.05, 3.63) is 30.2 Å². The first-order valence-corrected chi connectivity index (χ1v) is 5.49. The second-order valence-corrected chi connectivity index (χ2v) is 3.91. The first-order chi connectivity index (χ1) is 9.76. The molecule has 0 radical (unpaired) electrons. The fraction of sp³-hybridized carbons (Fsp3) is 0.182. The Balaban J connectivity index is 2.18. The molecule has 1 aromatic heterocycles. The Morgan fingerprint density at radius 2 is 1.95 bits per heavy atom. The molecule has 0 aliphatic heterocycles. The predicted octanol–water partition coefficient (Wildman–Crippen LogP) is 1.58. The van der Waals surface area contributed by atoms with Gasteiger partial charge in [-0.2, -0.15) is 4.98 Å². The highest BCUT2D eigenvalue weighted by molar-refractivity contribution is 5.89. The number of hydrogen-bond donors (Lipinski definition) is 1. The van der Waals surface area contributed by atoms with Gasteiger partial charge >= 0.3 is 18.2 Å². The van der Waals surface area contributed by atoms with Gasteiger partial charge in [-0.05, 0) is 24.3 Å². The van der Waals surface area contributed by atoms with Crippen LogP contribution in [-0.2, 0) is 0 Å². The normalized spacial score (nSPS) is 11.3. The minimum Gasteiger partial charge on any atom is -0.406 e. The first-order valence-electron chi connectivity index (χ1n) is 5.49. The smallest absolute Gasteiger partial charge is 0.406 e.